The van der Waals surface area contributed by atoms with Gasteiger partial charge in [-0.2, -0.15) is 4.31 Å². The summed E-state index contributed by atoms with van der Waals surface area (Å²) in [6, 6.07) is 13.5. The zero-order chi connectivity index (χ0) is 19.2. The Morgan fingerprint density at radius 2 is 1.81 bits per heavy atom. The summed E-state index contributed by atoms with van der Waals surface area (Å²) in [5.74, 6) is -0.187. The van der Waals surface area contributed by atoms with E-state index in [9.17, 15) is 13.2 Å². The van der Waals surface area contributed by atoms with Crippen molar-refractivity contribution in [1.29, 1.82) is 0 Å². The van der Waals surface area contributed by atoms with Crippen LogP contribution in [-0.2, 0) is 27.9 Å². The van der Waals surface area contributed by atoms with Crippen molar-refractivity contribution in [1.82, 2.24) is 9.21 Å². The van der Waals surface area contributed by atoms with Crippen LogP contribution in [0, 0.1) is 0 Å². The molecule has 1 aromatic heterocycles. The Labute approximate surface area is 160 Å². The van der Waals surface area contributed by atoms with Crippen LogP contribution >= 0.6 is 11.3 Å². The van der Waals surface area contributed by atoms with Crippen LogP contribution in [0.1, 0.15) is 30.7 Å². The lowest BCUT2D eigenvalue weighted by atomic mass is 10.2. The van der Waals surface area contributed by atoms with E-state index in [-0.39, 0.29) is 18.5 Å². The number of hydrogen-bond donors (Lipinski definition) is 0. The van der Waals surface area contributed by atoms with Gasteiger partial charge in [0, 0.05) is 17.5 Å². The van der Waals surface area contributed by atoms with E-state index < -0.39 is 10.0 Å². The standard InChI is InChI=1S/C19H26N2O3S2/c1-4-16(2)21(26(3,23)24)15-19(22)20(14-18-11-8-12-25-18)13-17-9-6-5-7-10-17/h5-12,16H,4,13-15H2,1-3H3. The first-order valence-corrected chi connectivity index (χ1v) is 11.3. The number of carbonyl (C=O) groups is 1. The predicted octanol–water partition coefficient (Wildman–Crippen LogP) is 3.34. The minimum absolute atomic E-state index is 0.133. The maximum atomic E-state index is 13.0. The summed E-state index contributed by atoms with van der Waals surface area (Å²) in [6.07, 6.45) is 1.82. The molecule has 0 aliphatic heterocycles. The lowest BCUT2D eigenvalue weighted by Gasteiger charge is -2.29. The van der Waals surface area contributed by atoms with Crippen LogP contribution in [0.5, 0.6) is 0 Å². The second kappa shape index (κ2) is 9.30. The summed E-state index contributed by atoms with van der Waals surface area (Å²) in [6.45, 7) is 4.54. The molecule has 0 aliphatic rings. The van der Waals surface area contributed by atoms with Gasteiger partial charge in [-0.05, 0) is 30.4 Å². The number of rotatable bonds is 9. The zero-order valence-electron chi connectivity index (χ0n) is 15.5. The van der Waals surface area contributed by atoms with E-state index in [0.717, 1.165) is 16.7 Å². The van der Waals surface area contributed by atoms with E-state index in [2.05, 4.69) is 0 Å². The number of amides is 1. The van der Waals surface area contributed by atoms with Crippen LogP contribution in [0.15, 0.2) is 47.8 Å². The predicted molar refractivity (Wildman–Crippen MR) is 106 cm³/mol. The number of sulfonamides is 1. The molecule has 2 aromatic rings. The molecular formula is C19H26N2O3S2. The highest BCUT2D eigenvalue weighted by Crippen LogP contribution is 2.16. The molecule has 0 spiro atoms. The van der Waals surface area contributed by atoms with Crippen molar-refractivity contribution in [3.8, 4) is 0 Å². The molecule has 0 saturated carbocycles. The number of thiophene rings is 1. The molecule has 5 nitrogen and oxygen atoms in total. The quantitative estimate of drug-likeness (QED) is 0.655. The minimum atomic E-state index is -3.45. The first-order chi connectivity index (χ1) is 12.3. The van der Waals surface area contributed by atoms with Gasteiger partial charge in [0.2, 0.25) is 15.9 Å². The SMILES string of the molecule is CCC(C)N(CC(=O)N(Cc1ccccc1)Cc1cccs1)S(C)(=O)=O. The monoisotopic (exact) mass is 394 g/mol. The third-order valence-corrected chi connectivity index (χ3v) is 6.50. The number of nitrogens with zero attached hydrogens (tertiary/aromatic N) is 2. The molecule has 0 aliphatic carbocycles. The third-order valence-electron chi connectivity index (χ3n) is 4.30. The van der Waals surface area contributed by atoms with E-state index in [4.69, 9.17) is 0 Å². The molecule has 2 rings (SSSR count). The Morgan fingerprint density at radius 3 is 2.35 bits per heavy atom. The van der Waals surface area contributed by atoms with E-state index in [1.807, 2.05) is 61.7 Å². The van der Waals surface area contributed by atoms with Crippen LogP contribution in [-0.4, -0.2) is 42.4 Å². The Bertz CT molecular complexity index is 789. The first kappa shape index (κ1) is 20.6. The fraction of sp³-hybridized carbons (Fsp3) is 0.421. The van der Waals surface area contributed by atoms with Crippen LogP contribution in [0.2, 0.25) is 0 Å². The van der Waals surface area contributed by atoms with Crippen LogP contribution in [0.4, 0.5) is 0 Å². The topological polar surface area (TPSA) is 57.7 Å². The largest absolute Gasteiger partial charge is 0.332 e. The Balaban J connectivity index is 2.20. The van der Waals surface area contributed by atoms with E-state index in [1.165, 1.54) is 4.31 Å². The second-order valence-corrected chi connectivity index (χ2v) is 9.35. The van der Waals surface area contributed by atoms with Gasteiger partial charge in [-0.15, -0.1) is 11.3 Å². The molecular weight excluding hydrogens is 368 g/mol. The average molecular weight is 395 g/mol. The van der Waals surface area contributed by atoms with Crippen molar-refractivity contribution < 1.29 is 13.2 Å². The molecule has 1 aromatic carbocycles. The molecule has 0 N–H and O–H groups in total. The summed E-state index contributed by atoms with van der Waals surface area (Å²) in [7, 11) is -3.45. The number of carbonyl (C=O) groups excluding carboxylic acids is 1. The van der Waals surface area contributed by atoms with Crippen LogP contribution < -0.4 is 0 Å². The summed E-state index contributed by atoms with van der Waals surface area (Å²) < 4.78 is 25.5. The minimum Gasteiger partial charge on any atom is -0.332 e. The molecule has 1 heterocycles. The van der Waals surface area contributed by atoms with Crippen LogP contribution in [0.3, 0.4) is 0 Å². The molecule has 26 heavy (non-hydrogen) atoms. The van der Waals surface area contributed by atoms with Crippen molar-refractivity contribution in [2.24, 2.45) is 0 Å². The Hall–Kier alpha value is -1.70. The van der Waals surface area contributed by atoms with Crippen molar-refractivity contribution in [2.75, 3.05) is 12.8 Å². The van der Waals surface area contributed by atoms with Crippen LogP contribution in [0.25, 0.3) is 0 Å². The summed E-state index contributed by atoms with van der Waals surface area (Å²) in [5, 5.41) is 1.97. The van der Waals surface area contributed by atoms with Crippen molar-refractivity contribution >= 4 is 27.3 Å². The van der Waals surface area contributed by atoms with Gasteiger partial charge in [-0.3, -0.25) is 4.79 Å². The maximum Gasteiger partial charge on any atom is 0.238 e. The zero-order valence-corrected chi connectivity index (χ0v) is 17.1. The fourth-order valence-electron chi connectivity index (χ4n) is 2.66. The summed E-state index contributed by atoms with van der Waals surface area (Å²) in [4.78, 5) is 15.8. The molecule has 7 heteroatoms. The maximum absolute atomic E-state index is 13.0. The number of benzene rings is 1. The highest BCUT2D eigenvalue weighted by Gasteiger charge is 2.27. The van der Waals surface area contributed by atoms with Gasteiger partial charge in [0.25, 0.3) is 0 Å². The van der Waals surface area contributed by atoms with Gasteiger partial charge in [-0.25, -0.2) is 8.42 Å². The number of hydrogen-bond acceptors (Lipinski definition) is 4. The highest BCUT2D eigenvalue weighted by atomic mass is 32.2. The van der Waals surface area contributed by atoms with Crippen molar-refractivity contribution in [3.63, 3.8) is 0 Å². The average Bonchev–Trinajstić information content (AvgIpc) is 3.11. The molecule has 1 atom stereocenters. The van der Waals surface area contributed by atoms with Crippen molar-refractivity contribution in [2.45, 2.75) is 39.4 Å². The fourth-order valence-corrected chi connectivity index (χ4v) is 4.53. The lowest BCUT2D eigenvalue weighted by Crippen LogP contribution is -2.45. The molecule has 1 unspecified atom stereocenters. The molecule has 0 radical (unpaired) electrons. The third kappa shape index (κ3) is 5.93. The van der Waals surface area contributed by atoms with E-state index in [0.29, 0.717) is 19.5 Å². The van der Waals surface area contributed by atoms with E-state index >= 15 is 0 Å². The normalized spacial score (nSPS) is 12.9. The van der Waals surface area contributed by atoms with Gasteiger partial charge >= 0.3 is 0 Å². The van der Waals surface area contributed by atoms with Gasteiger partial charge in [0.05, 0.1) is 19.3 Å². The highest BCUT2D eigenvalue weighted by molar-refractivity contribution is 7.88. The molecule has 0 bridgehead atoms. The second-order valence-electron chi connectivity index (χ2n) is 6.38. The molecule has 142 valence electrons. The molecule has 0 fully saturated rings. The Kier molecular flexibility index (Phi) is 7.37. The van der Waals surface area contributed by atoms with Gasteiger partial charge < -0.3 is 4.90 Å². The van der Waals surface area contributed by atoms with E-state index in [1.54, 1.807) is 16.2 Å². The molecule has 0 saturated heterocycles. The van der Waals surface area contributed by atoms with Gasteiger partial charge in [-0.1, -0.05) is 43.3 Å². The lowest BCUT2D eigenvalue weighted by molar-refractivity contribution is -0.133. The van der Waals surface area contributed by atoms with Gasteiger partial charge in [0.1, 0.15) is 0 Å². The smallest absolute Gasteiger partial charge is 0.238 e. The Morgan fingerprint density at radius 1 is 1.12 bits per heavy atom. The summed E-state index contributed by atoms with van der Waals surface area (Å²) >= 11 is 1.59. The van der Waals surface area contributed by atoms with Crippen molar-refractivity contribution in [3.05, 3.63) is 58.3 Å². The molecule has 1 amide bonds. The van der Waals surface area contributed by atoms with Gasteiger partial charge in [0.15, 0.2) is 0 Å². The summed E-state index contributed by atoms with van der Waals surface area (Å²) in [5.41, 5.74) is 1.02. The first-order valence-electron chi connectivity index (χ1n) is 8.62.